The van der Waals surface area contributed by atoms with Crippen LogP contribution >= 0.6 is 45.5 Å². The smallest absolute Gasteiger partial charge is 0.317 e. The van der Waals surface area contributed by atoms with Crippen molar-refractivity contribution >= 4 is 45.5 Å². The highest BCUT2D eigenvalue weighted by molar-refractivity contribution is 14.1. The van der Waals surface area contributed by atoms with Crippen LogP contribution in [0.3, 0.4) is 0 Å². The van der Waals surface area contributed by atoms with Crippen LogP contribution in [0.2, 0.25) is 0 Å². The van der Waals surface area contributed by atoms with E-state index in [4.69, 9.17) is 4.74 Å². The Kier molecular flexibility index (Phi) is 4.98. The molecule has 1 atom stereocenters. The third-order valence-corrected chi connectivity index (χ3v) is 5.74. The van der Waals surface area contributed by atoms with Gasteiger partial charge in [-0.2, -0.15) is 9.97 Å². The van der Waals surface area contributed by atoms with Gasteiger partial charge in [0.15, 0.2) is 0 Å². The van der Waals surface area contributed by atoms with E-state index in [1.165, 1.54) is 24.9 Å². The maximum absolute atomic E-state index is 5.85. The van der Waals surface area contributed by atoms with Crippen molar-refractivity contribution in [2.24, 2.45) is 0 Å². The van der Waals surface area contributed by atoms with Crippen LogP contribution in [0.25, 0.3) is 0 Å². The summed E-state index contributed by atoms with van der Waals surface area (Å²) < 4.78 is 9.16. The molecule has 1 aromatic rings. The van der Waals surface area contributed by atoms with Gasteiger partial charge in [-0.3, -0.25) is 0 Å². The summed E-state index contributed by atoms with van der Waals surface area (Å²) in [6, 6.07) is 1.05. The molecule has 5 nitrogen and oxygen atoms in total. The lowest BCUT2D eigenvalue weighted by atomic mass is 10.1. The SMILES string of the molecule is CN1CCC[C@H]1COc1nc(I)c2c(n1)CN(I)CC2. The standard InChI is InChI=1S/C13H18I2N4O/c1-18-5-2-3-9(18)8-20-13-16-11-7-19(15)6-4-10(11)12(14)17-13/h9H,2-8H2,1H3/t9-/m0/s1. The maximum atomic E-state index is 5.85. The van der Waals surface area contributed by atoms with Crippen molar-refractivity contribution in [1.82, 2.24) is 18.0 Å². The molecule has 0 spiro atoms. The number of halogens is 2. The van der Waals surface area contributed by atoms with Crippen LogP contribution in [-0.4, -0.2) is 50.8 Å². The monoisotopic (exact) mass is 500 g/mol. The van der Waals surface area contributed by atoms with Crippen LogP contribution in [-0.2, 0) is 13.0 Å². The second kappa shape index (κ2) is 6.57. The van der Waals surface area contributed by atoms with E-state index >= 15 is 0 Å². The minimum absolute atomic E-state index is 0.508. The van der Waals surface area contributed by atoms with Gasteiger partial charge in [-0.05, 0) is 55.4 Å². The molecule has 0 aromatic carbocycles. The van der Waals surface area contributed by atoms with Crippen molar-refractivity contribution in [3.05, 3.63) is 15.0 Å². The third kappa shape index (κ3) is 3.36. The lowest BCUT2D eigenvalue weighted by Gasteiger charge is -2.24. The van der Waals surface area contributed by atoms with E-state index in [1.807, 2.05) is 0 Å². The number of aromatic nitrogens is 2. The number of nitrogens with zero attached hydrogens (tertiary/aromatic N) is 4. The first-order valence-corrected chi connectivity index (χ1v) is 8.97. The predicted molar refractivity (Wildman–Crippen MR) is 94.0 cm³/mol. The lowest BCUT2D eigenvalue weighted by molar-refractivity contribution is 0.186. The molecule has 1 fully saturated rings. The average molecular weight is 500 g/mol. The van der Waals surface area contributed by atoms with Gasteiger partial charge in [0, 0.05) is 41.0 Å². The Morgan fingerprint density at radius 2 is 2.20 bits per heavy atom. The van der Waals surface area contributed by atoms with E-state index in [2.05, 4.69) is 70.5 Å². The van der Waals surface area contributed by atoms with E-state index < -0.39 is 0 Å². The fraction of sp³-hybridized carbons (Fsp3) is 0.692. The molecule has 0 unspecified atom stereocenters. The van der Waals surface area contributed by atoms with Crippen molar-refractivity contribution in [1.29, 1.82) is 0 Å². The normalized spacial score (nSPS) is 23.9. The summed E-state index contributed by atoms with van der Waals surface area (Å²) in [6.45, 7) is 3.81. The largest absolute Gasteiger partial charge is 0.462 e. The molecule has 0 bridgehead atoms. The zero-order chi connectivity index (χ0) is 14.1. The highest BCUT2D eigenvalue weighted by Gasteiger charge is 2.23. The Hall–Kier alpha value is 0.260. The first kappa shape index (κ1) is 15.2. The molecule has 20 heavy (non-hydrogen) atoms. The molecule has 2 aliphatic rings. The van der Waals surface area contributed by atoms with E-state index in [0.717, 1.165) is 28.9 Å². The van der Waals surface area contributed by atoms with Gasteiger partial charge in [-0.25, -0.2) is 3.11 Å². The highest BCUT2D eigenvalue weighted by Crippen LogP contribution is 2.25. The van der Waals surface area contributed by atoms with Crippen LogP contribution in [0.4, 0.5) is 0 Å². The Labute approximate surface area is 147 Å². The Balaban J connectivity index is 1.71. The molecular weight excluding hydrogens is 482 g/mol. The first-order valence-electron chi connectivity index (χ1n) is 6.92. The van der Waals surface area contributed by atoms with Crippen LogP contribution in [0.15, 0.2) is 0 Å². The molecule has 1 aromatic heterocycles. The van der Waals surface area contributed by atoms with Crippen LogP contribution in [0.5, 0.6) is 6.01 Å². The van der Waals surface area contributed by atoms with E-state index in [0.29, 0.717) is 18.7 Å². The quantitative estimate of drug-likeness (QED) is 0.362. The van der Waals surface area contributed by atoms with Gasteiger partial charge in [0.25, 0.3) is 0 Å². The number of fused-ring (bicyclic) bond motifs is 1. The third-order valence-electron chi connectivity index (χ3n) is 4.02. The van der Waals surface area contributed by atoms with Gasteiger partial charge in [0.1, 0.15) is 10.3 Å². The zero-order valence-electron chi connectivity index (χ0n) is 11.5. The molecule has 0 radical (unpaired) electrons. The summed E-state index contributed by atoms with van der Waals surface area (Å²) in [4.78, 5) is 11.5. The number of rotatable bonds is 3. The zero-order valence-corrected chi connectivity index (χ0v) is 15.8. The molecule has 0 N–H and O–H groups in total. The van der Waals surface area contributed by atoms with Gasteiger partial charge in [-0.15, -0.1) is 0 Å². The van der Waals surface area contributed by atoms with Crippen LogP contribution in [0.1, 0.15) is 24.1 Å². The molecule has 7 heteroatoms. The van der Waals surface area contributed by atoms with Crippen molar-refractivity contribution in [3.8, 4) is 6.01 Å². The number of ether oxygens (including phenoxy) is 1. The Morgan fingerprint density at radius 3 is 2.95 bits per heavy atom. The van der Waals surface area contributed by atoms with Gasteiger partial charge in [0.2, 0.25) is 0 Å². The Morgan fingerprint density at radius 1 is 1.35 bits per heavy atom. The van der Waals surface area contributed by atoms with E-state index in [9.17, 15) is 0 Å². The van der Waals surface area contributed by atoms with Crippen LogP contribution in [0, 0.1) is 3.70 Å². The van der Waals surface area contributed by atoms with Crippen molar-refractivity contribution in [2.45, 2.75) is 31.8 Å². The molecule has 110 valence electrons. The van der Waals surface area contributed by atoms with Gasteiger partial charge in [-0.1, -0.05) is 0 Å². The number of likely N-dealkylation sites (N-methyl/N-ethyl adjacent to an activating group) is 1. The number of hydrogen-bond donors (Lipinski definition) is 0. The topological polar surface area (TPSA) is 41.5 Å². The molecule has 0 amide bonds. The molecule has 0 saturated carbocycles. The van der Waals surface area contributed by atoms with Gasteiger partial charge < -0.3 is 9.64 Å². The second-order valence-electron chi connectivity index (χ2n) is 5.40. The Bertz CT molecular complexity index is 500. The molecule has 1 saturated heterocycles. The van der Waals surface area contributed by atoms with E-state index in [1.54, 1.807) is 0 Å². The first-order chi connectivity index (χ1) is 9.63. The fourth-order valence-corrected chi connectivity index (χ4v) is 4.11. The van der Waals surface area contributed by atoms with Crippen molar-refractivity contribution in [2.75, 3.05) is 26.7 Å². The van der Waals surface area contributed by atoms with Crippen molar-refractivity contribution < 1.29 is 4.74 Å². The number of hydrogen-bond acceptors (Lipinski definition) is 5. The fourth-order valence-electron chi connectivity index (χ4n) is 2.76. The molecule has 2 aliphatic heterocycles. The summed E-state index contributed by atoms with van der Waals surface area (Å²) in [5.74, 6) is 0. The molecule has 3 heterocycles. The minimum Gasteiger partial charge on any atom is -0.462 e. The summed E-state index contributed by atoms with van der Waals surface area (Å²) >= 11 is 4.66. The molecular formula is C13H18I2N4O. The average Bonchev–Trinajstić information content (AvgIpc) is 2.81. The maximum Gasteiger partial charge on any atom is 0.317 e. The second-order valence-corrected chi connectivity index (χ2v) is 7.79. The summed E-state index contributed by atoms with van der Waals surface area (Å²) in [5.41, 5.74) is 2.42. The van der Waals surface area contributed by atoms with E-state index in [-0.39, 0.29) is 0 Å². The van der Waals surface area contributed by atoms with Crippen molar-refractivity contribution in [3.63, 3.8) is 0 Å². The van der Waals surface area contributed by atoms with Crippen LogP contribution < -0.4 is 4.74 Å². The minimum atomic E-state index is 0.508. The molecule has 3 rings (SSSR count). The van der Waals surface area contributed by atoms with Gasteiger partial charge in [0.05, 0.1) is 12.2 Å². The van der Waals surface area contributed by atoms with Gasteiger partial charge >= 0.3 is 6.01 Å². The lowest BCUT2D eigenvalue weighted by Crippen LogP contribution is -2.31. The highest BCUT2D eigenvalue weighted by atomic mass is 127. The molecule has 0 aliphatic carbocycles. The predicted octanol–water partition coefficient (Wildman–Crippen LogP) is 2.26. The summed E-state index contributed by atoms with van der Waals surface area (Å²) in [5, 5.41) is 0. The summed E-state index contributed by atoms with van der Waals surface area (Å²) in [6.07, 6.45) is 3.50. The number of likely N-dealkylation sites (tertiary alicyclic amines) is 1. The summed E-state index contributed by atoms with van der Waals surface area (Å²) in [7, 11) is 2.16.